The number of nitrogens with two attached hydrogens (primary N) is 1. The second-order valence-corrected chi connectivity index (χ2v) is 7.49. The Hall–Kier alpha value is -3.12. The highest BCUT2D eigenvalue weighted by Crippen LogP contribution is 2.36. The summed E-state index contributed by atoms with van der Waals surface area (Å²) in [6.45, 7) is 4.10. The van der Waals surface area contributed by atoms with E-state index < -0.39 is 0 Å². The van der Waals surface area contributed by atoms with E-state index in [9.17, 15) is 4.79 Å². The number of methoxy groups -OCH3 is 1. The van der Waals surface area contributed by atoms with Crippen molar-refractivity contribution in [3.8, 4) is 5.75 Å². The third kappa shape index (κ3) is 2.98. The highest BCUT2D eigenvalue weighted by atomic mass is 32.1. The molecule has 136 valence electrons. The van der Waals surface area contributed by atoms with Crippen LogP contribution < -0.4 is 15.8 Å². The normalized spacial score (nSPS) is 11.1. The van der Waals surface area contributed by atoms with Crippen molar-refractivity contribution in [2.45, 2.75) is 13.8 Å². The number of rotatable bonds is 3. The Bertz CT molecular complexity index is 1200. The van der Waals surface area contributed by atoms with Crippen LogP contribution in [0.2, 0.25) is 0 Å². The van der Waals surface area contributed by atoms with Crippen LogP contribution in [-0.4, -0.2) is 18.0 Å². The summed E-state index contributed by atoms with van der Waals surface area (Å²) in [4.78, 5) is 18.8. The zero-order chi connectivity index (χ0) is 19.1. The molecule has 0 atom stereocenters. The summed E-state index contributed by atoms with van der Waals surface area (Å²) in [6.07, 6.45) is 0. The van der Waals surface area contributed by atoms with Gasteiger partial charge in [-0.05, 0) is 43.7 Å². The van der Waals surface area contributed by atoms with Gasteiger partial charge in [-0.1, -0.05) is 23.8 Å². The van der Waals surface area contributed by atoms with Gasteiger partial charge in [0.2, 0.25) is 0 Å². The number of hydrogen-bond donors (Lipinski definition) is 2. The van der Waals surface area contributed by atoms with Crippen LogP contribution in [0.3, 0.4) is 0 Å². The Balaban J connectivity index is 1.80. The molecule has 0 saturated heterocycles. The summed E-state index contributed by atoms with van der Waals surface area (Å²) >= 11 is 1.30. The average Bonchev–Trinajstić information content (AvgIpc) is 2.97. The molecule has 27 heavy (non-hydrogen) atoms. The molecule has 2 aromatic carbocycles. The Kier molecular flexibility index (Phi) is 4.20. The molecule has 0 saturated carbocycles. The van der Waals surface area contributed by atoms with Crippen LogP contribution in [0, 0.1) is 13.8 Å². The number of nitrogen functional groups attached to an aromatic ring is 1. The van der Waals surface area contributed by atoms with Crippen LogP contribution in [0.1, 0.15) is 20.8 Å². The largest absolute Gasteiger partial charge is 0.495 e. The lowest BCUT2D eigenvalue weighted by molar-refractivity contribution is 0.103. The van der Waals surface area contributed by atoms with E-state index in [1.165, 1.54) is 16.9 Å². The minimum absolute atomic E-state index is 0.267. The molecule has 4 rings (SSSR count). The predicted molar refractivity (Wildman–Crippen MR) is 112 cm³/mol. The van der Waals surface area contributed by atoms with Gasteiger partial charge in [0, 0.05) is 10.8 Å². The number of amides is 1. The zero-order valence-electron chi connectivity index (χ0n) is 15.3. The number of thiophene rings is 1. The molecule has 0 aliphatic rings. The number of anilines is 2. The maximum Gasteiger partial charge on any atom is 0.268 e. The number of ether oxygens (including phenoxy) is 1. The second-order valence-electron chi connectivity index (χ2n) is 6.49. The fraction of sp³-hybridized carbons (Fsp3) is 0.143. The number of aryl methyl sites for hydroxylation is 2. The number of nitrogens with one attached hydrogen (secondary N) is 1. The monoisotopic (exact) mass is 377 g/mol. The minimum Gasteiger partial charge on any atom is -0.495 e. The van der Waals surface area contributed by atoms with Crippen molar-refractivity contribution in [2.24, 2.45) is 0 Å². The van der Waals surface area contributed by atoms with Gasteiger partial charge in [-0.15, -0.1) is 11.3 Å². The van der Waals surface area contributed by atoms with E-state index in [4.69, 9.17) is 15.5 Å². The van der Waals surface area contributed by atoms with Gasteiger partial charge in [0.1, 0.15) is 15.5 Å². The zero-order valence-corrected chi connectivity index (χ0v) is 16.1. The molecule has 0 unspecified atom stereocenters. The highest BCUT2D eigenvalue weighted by molar-refractivity contribution is 7.21. The van der Waals surface area contributed by atoms with Gasteiger partial charge < -0.3 is 15.8 Å². The molecule has 0 aliphatic carbocycles. The van der Waals surface area contributed by atoms with Gasteiger partial charge in [-0.25, -0.2) is 4.98 Å². The van der Waals surface area contributed by atoms with Crippen LogP contribution >= 0.6 is 11.3 Å². The summed E-state index contributed by atoms with van der Waals surface area (Å²) in [7, 11) is 1.57. The maximum atomic E-state index is 12.8. The van der Waals surface area contributed by atoms with Crippen LogP contribution in [0.4, 0.5) is 11.4 Å². The molecule has 0 aliphatic heterocycles. The van der Waals surface area contributed by atoms with Crippen molar-refractivity contribution in [3.63, 3.8) is 0 Å². The van der Waals surface area contributed by atoms with Crippen molar-refractivity contribution < 1.29 is 9.53 Å². The fourth-order valence-electron chi connectivity index (χ4n) is 3.27. The Labute approximate surface area is 160 Å². The van der Waals surface area contributed by atoms with Gasteiger partial charge in [0.15, 0.2) is 0 Å². The third-order valence-electron chi connectivity index (χ3n) is 4.51. The summed E-state index contributed by atoms with van der Waals surface area (Å²) in [5, 5.41) is 4.72. The number of benzene rings is 2. The number of fused-ring (bicyclic) bond motifs is 2. The number of pyridine rings is 1. The molecule has 2 aromatic heterocycles. The third-order valence-corrected chi connectivity index (χ3v) is 5.63. The molecule has 5 nitrogen and oxygen atoms in total. The standard InChI is InChI=1S/C21H19N3O2S/c1-11-8-12(2)18-13(9-11)10-14-17(22)19(27-21(14)24-18)20(25)23-15-6-4-5-7-16(15)26-3/h4-10H,22H2,1-3H3,(H,23,25). The van der Waals surface area contributed by atoms with E-state index in [0.717, 1.165) is 26.7 Å². The lowest BCUT2D eigenvalue weighted by atomic mass is 10.1. The van der Waals surface area contributed by atoms with E-state index in [0.29, 0.717) is 22.0 Å². The fourth-order valence-corrected chi connectivity index (χ4v) is 4.25. The van der Waals surface area contributed by atoms with Crippen LogP contribution in [-0.2, 0) is 0 Å². The average molecular weight is 377 g/mol. The first kappa shape index (κ1) is 17.3. The predicted octanol–water partition coefficient (Wildman–Crippen LogP) is 4.91. The number of carbonyl (C=O) groups is 1. The van der Waals surface area contributed by atoms with Crippen molar-refractivity contribution in [1.82, 2.24) is 4.98 Å². The second kappa shape index (κ2) is 6.55. The topological polar surface area (TPSA) is 77.2 Å². The van der Waals surface area contributed by atoms with Crippen LogP contribution in [0.25, 0.3) is 21.1 Å². The van der Waals surface area contributed by atoms with Crippen molar-refractivity contribution in [2.75, 3.05) is 18.2 Å². The van der Waals surface area contributed by atoms with E-state index in [1.54, 1.807) is 19.2 Å². The quantitative estimate of drug-likeness (QED) is 0.532. The van der Waals surface area contributed by atoms with Gasteiger partial charge in [0.05, 0.1) is 24.0 Å². The molecule has 2 heterocycles. The first-order chi connectivity index (χ1) is 13.0. The summed E-state index contributed by atoms with van der Waals surface area (Å²) in [5.74, 6) is 0.331. The van der Waals surface area contributed by atoms with Crippen LogP contribution in [0.5, 0.6) is 5.75 Å². The Morgan fingerprint density at radius 3 is 2.74 bits per heavy atom. The Morgan fingerprint density at radius 2 is 1.96 bits per heavy atom. The van der Waals surface area contributed by atoms with E-state index >= 15 is 0 Å². The number of para-hydroxylation sites is 2. The molecule has 6 heteroatoms. The lowest BCUT2D eigenvalue weighted by Crippen LogP contribution is -2.12. The number of aromatic nitrogens is 1. The smallest absolute Gasteiger partial charge is 0.268 e. The minimum atomic E-state index is -0.267. The van der Waals surface area contributed by atoms with Crippen molar-refractivity contribution >= 4 is 49.7 Å². The van der Waals surface area contributed by atoms with E-state index in [2.05, 4.69) is 24.4 Å². The van der Waals surface area contributed by atoms with Crippen molar-refractivity contribution in [3.05, 3.63) is 58.5 Å². The van der Waals surface area contributed by atoms with Gasteiger partial charge in [-0.2, -0.15) is 0 Å². The summed E-state index contributed by atoms with van der Waals surface area (Å²) in [6, 6.07) is 13.5. The van der Waals surface area contributed by atoms with E-state index in [-0.39, 0.29) is 5.91 Å². The molecule has 3 N–H and O–H groups in total. The first-order valence-corrected chi connectivity index (χ1v) is 9.34. The number of carbonyl (C=O) groups excluding carboxylic acids is 1. The molecule has 0 spiro atoms. The van der Waals surface area contributed by atoms with Gasteiger partial charge >= 0.3 is 0 Å². The molecule has 1 amide bonds. The Morgan fingerprint density at radius 1 is 1.19 bits per heavy atom. The molecule has 0 fully saturated rings. The molecule has 0 bridgehead atoms. The van der Waals surface area contributed by atoms with Gasteiger partial charge in [0.25, 0.3) is 5.91 Å². The molecular formula is C21H19N3O2S. The molecular weight excluding hydrogens is 358 g/mol. The highest BCUT2D eigenvalue weighted by Gasteiger charge is 2.19. The molecule has 4 aromatic rings. The number of hydrogen-bond acceptors (Lipinski definition) is 5. The molecule has 0 radical (unpaired) electrons. The first-order valence-electron chi connectivity index (χ1n) is 8.52. The number of nitrogens with zero attached hydrogens (tertiary/aromatic N) is 1. The SMILES string of the molecule is COc1ccccc1NC(=O)c1sc2nc3c(C)cc(C)cc3cc2c1N. The summed E-state index contributed by atoms with van der Waals surface area (Å²) < 4.78 is 5.29. The van der Waals surface area contributed by atoms with Crippen molar-refractivity contribution in [1.29, 1.82) is 0 Å². The van der Waals surface area contributed by atoms with Crippen LogP contribution in [0.15, 0.2) is 42.5 Å². The summed E-state index contributed by atoms with van der Waals surface area (Å²) in [5.41, 5.74) is 10.6. The van der Waals surface area contributed by atoms with E-state index in [1.807, 2.05) is 25.1 Å². The lowest BCUT2D eigenvalue weighted by Gasteiger charge is -2.09. The maximum absolute atomic E-state index is 12.8. The van der Waals surface area contributed by atoms with Gasteiger partial charge in [-0.3, -0.25) is 4.79 Å².